The Morgan fingerprint density at radius 3 is 2.46 bits per heavy atom. The molecule has 0 bridgehead atoms. The molecule has 4 nitrogen and oxygen atoms in total. The molecule has 1 aliphatic heterocycles. The summed E-state index contributed by atoms with van der Waals surface area (Å²) >= 11 is 0. The first-order valence-electron chi connectivity index (χ1n) is 8.97. The second-order valence-electron chi connectivity index (χ2n) is 7.31. The van der Waals surface area contributed by atoms with E-state index in [1.165, 1.54) is 25.9 Å². The average Bonchev–Trinajstić information content (AvgIpc) is 2.55. The zero-order valence-electron chi connectivity index (χ0n) is 15.8. The molecule has 0 spiro atoms. The Balaban J connectivity index is 1.81. The minimum absolute atomic E-state index is 0.182. The van der Waals surface area contributed by atoms with Crippen molar-refractivity contribution in [1.29, 1.82) is 0 Å². The van der Waals surface area contributed by atoms with Gasteiger partial charge in [0, 0.05) is 45.0 Å². The Morgan fingerprint density at radius 1 is 1.21 bits per heavy atom. The van der Waals surface area contributed by atoms with E-state index >= 15 is 0 Å². The first-order valence-corrected chi connectivity index (χ1v) is 8.97. The van der Waals surface area contributed by atoms with Crippen LogP contribution in [0.2, 0.25) is 0 Å². The molecule has 0 radical (unpaired) electrons. The second kappa shape index (κ2) is 8.79. The first kappa shape index (κ1) is 19.2. The fraction of sp³-hybridized carbons (Fsp3) is 0.684. The third-order valence-corrected chi connectivity index (χ3v) is 5.11. The molecule has 1 fully saturated rings. The lowest BCUT2D eigenvalue weighted by atomic mass is 10.0. The lowest BCUT2D eigenvalue weighted by Crippen LogP contribution is -2.44. The van der Waals surface area contributed by atoms with Gasteiger partial charge in [0.15, 0.2) is 0 Å². The number of likely N-dealkylation sites (tertiary alicyclic amines) is 1. The van der Waals surface area contributed by atoms with Gasteiger partial charge in [-0.15, -0.1) is 0 Å². The molecule has 0 amide bonds. The van der Waals surface area contributed by atoms with Gasteiger partial charge in [-0.25, -0.2) is 4.39 Å². The van der Waals surface area contributed by atoms with Gasteiger partial charge in [-0.2, -0.15) is 0 Å². The maximum Gasteiger partial charge on any atom is 0.125 e. The Morgan fingerprint density at radius 2 is 1.88 bits per heavy atom. The molecular weight excluding hydrogens is 303 g/mol. The van der Waals surface area contributed by atoms with E-state index in [9.17, 15) is 4.39 Å². The number of halogens is 1. The van der Waals surface area contributed by atoms with Gasteiger partial charge < -0.3 is 20.0 Å². The van der Waals surface area contributed by atoms with Gasteiger partial charge in [0.05, 0.1) is 0 Å². The smallest absolute Gasteiger partial charge is 0.125 e. The summed E-state index contributed by atoms with van der Waals surface area (Å²) in [7, 11) is 8.27. The molecule has 1 aromatic rings. The summed E-state index contributed by atoms with van der Waals surface area (Å²) in [6, 6.07) is 5.99. The standard InChI is InChI=1S/C19H33FN4/c1-15(18-7-6-16(20)14-19(18)23(4)5)21-10-13-24-11-8-17(9-12-24)22(2)3/h6-7,14-15,17,21H,8-13H2,1-5H3. The quantitative estimate of drug-likeness (QED) is 0.826. The molecule has 1 saturated heterocycles. The molecule has 1 unspecified atom stereocenters. The molecule has 2 rings (SSSR count). The highest BCUT2D eigenvalue weighted by molar-refractivity contribution is 5.54. The highest BCUT2D eigenvalue weighted by atomic mass is 19.1. The van der Waals surface area contributed by atoms with Gasteiger partial charge in [0.1, 0.15) is 5.82 Å². The van der Waals surface area contributed by atoms with Crippen LogP contribution in [0.3, 0.4) is 0 Å². The summed E-state index contributed by atoms with van der Waals surface area (Å²) in [4.78, 5) is 6.86. The summed E-state index contributed by atoms with van der Waals surface area (Å²) in [6.07, 6.45) is 2.51. The second-order valence-corrected chi connectivity index (χ2v) is 7.31. The van der Waals surface area contributed by atoms with E-state index in [4.69, 9.17) is 0 Å². The highest BCUT2D eigenvalue weighted by Gasteiger charge is 2.20. The molecule has 0 aromatic heterocycles. The number of hydrogen-bond donors (Lipinski definition) is 1. The number of nitrogens with one attached hydrogen (secondary N) is 1. The van der Waals surface area contributed by atoms with Crippen LogP contribution in [-0.2, 0) is 0 Å². The topological polar surface area (TPSA) is 21.8 Å². The molecular formula is C19H33FN4. The summed E-state index contributed by atoms with van der Waals surface area (Å²) in [5.74, 6) is -0.182. The van der Waals surface area contributed by atoms with E-state index in [0.29, 0.717) is 0 Å². The Kier molecular flexibility index (Phi) is 7.02. The average molecular weight is 336 g/mol. The predicted octanol–water partition coefficient (Wildman–Crippen LogP) is 2.57. The van der Waals surface area contributed by atoms with Crippen LogP contribution in [0, 0.1) is 5.82 Å². The van der Waals surface area contributed by atoms with Crippen molar-refractivity contribution in [3.8, 4) is 0 Å². The van der Waals surface area contributed by atoms with E-state index in [1.807, 2.05) is 25.1 Å². The van der Waals surface area contributed by atoms with E-state index in [0.717, 1.165) is 30.4 Å². The molecule has 0 saturated carbocycles. The zero-order valence-corrected chi connectivity index (χ0v) is 15.8. The van der Waals surface area contributed by atoms with Crippen LogP contribution in [0.15, 0.2) is 18.2 Å². The normalized spacial score (nSPS) is 18.1. The maximum absolute atomic E-state index is 13.5. The molecule has 1 aliphatic rings. The van der Waals surface area contributed by atoms with E-state index in [1.54, 1.807) is 12.1 Å². The minimum atomic E-state index is -0.182. The highest BCUT2D eigenvalue weighted by Crippen LogP contribution is 2.26. The summed E-state index contributed by atoms with van der Waals surface area (Å²) in [5.41, 5.74) is 2.09. The lowest BCUT2D eigenvalue weighted by molar-refractivity contribution is 0.145. The van der Waals surface area contributed by atoms with Crippen molar-refractivity contribution in [2.24, 2.45) is 0 Å². The molecule has 5 heteroatoms. The largest absolute Gasteiger partial charge is 0.377 e. The predicted molar refractivity (Wildman–Crippen MR) is 100 cm³/mol. The Hall–Kier alpha value is -1.17. The number of piperidine rings is 1. The lowest BCUT2D eigenvalue weighted by Gasteiger charge is -2.35. The fourth-order valence-electron chi connectivity index (χ4n) is 3.48. The molecule has 24 heavy (non-hydrogen) atoms. The van der Waals surface area contributed by atoms with Crippen molar-refractivity contribution in [2.75, 3.05) is 59.3 Å². The molecule has 0 aliphatic carbocycles. The van der Waals surface area contributed by atoms with Crippen molar-refractivity contribution in [1.82, 2.24) is 15.1 Å². The summed E-state index contributed by atoms with van der Waals surface area (Å²) < 4.78 is 13.5. The Bertz CT molecular complexity index is 510. The van der Waals surface area contributed by atoms with E-state index in [2.05, 4.69) is 36.1 Å². The van der Waals surface area contributed by atoms with E-state index < -0.39 is 0 Å². The third-order valence-electron chi connectivity index (χ3n) is 5.11. The monoisotopic (exact) mass is 336 g/mol. The molecule has 136 valence electrons. The van der Waals surface area contributed by atoms with Crippen molar-refractivity contribution >= 4 is 5.69 Å². The van der Waals surface area contributed by atoms with Gasteiger partial charge in [0.2, 0.25) is 0 Å². The van der Waals surface area contributed by atoms with Crippen LogP contribution >= 0.6 is 0 Å². The van der Waals surface area contributed by atoms with Crippen molar-refractivity contribution in [3.63, 3.8) is 0 Å². The number of hydrogen-bond acceptors (Lipinski definition) is 4. The van der Waals surface area contributed by atoms with Crippen LogP contribution in [-0.4, -0.2) is 70.2 Å². The van der Waals surface area contributed by atoms with Crippen LogP contribution in [0.25, 0.3) is 0 Å². The van der Waals surface area contributed by atoms with Crippen LogP contribution in [0.5, 0.6) is 0 Å². The zero-order chi connectivity index (χ0) is 17.7. The van der Waals surface area contributed by atoms with Crippen molar-refractivity contribution < 1.29 is 4.39 Å². The number of nitrogens with zero attached hydrogens (tertiary/aromatic N) is 3. The number of rotatable bonds is 7. The van der Waals surface area contributed by atoms with Crippen molar-refractivity contribution in [2.45, 2.75) is 31.8 Å². The summed E-state index contributed by atoms with van der Waals surface area (Å²) in [5, 5.41) is 3.59. The molecule has 1 heterocycles. The SMILES string of the molecule is CC(NCCN1CCC(N(C)C)CC1)c1ccc(F)cc1N(C)C. The molecule has 1 aromatic carbocycles. The van der Waals surface area contributed by atoms with E-state index in [-0.39, 0.29) is 11.9 Å². The van der Waals surface area contributed by atoms with Crippen LogP contribution < -0.4 is 10.2 Å². The van der Waals surface area contributed by atoms with Gasteiger partial charge in [0.25, 0.3) is 0 Å². The summed E-state index contributed by atoms with van der Waals surface area (Å²) in [6.45, 7) is 6.54. The van der Waals surface area contributed by atoms with Gasteiger partial charge in [-0.3, -0.25) is 0 Å². The van der Waals surface area contributed by atoms with Crippen LogP contribution in [0.4, 0.5) is 10.1 Å². The minimum Gasteiger partial charge on any atom is -0.377 e. The van der Waals surface area contributed by atoms with Crippen molar-refractivity contribution in [3.05, 3.63) is 29.6 Å². The molecule has 1 N–H and O–H groups in total. The van der Waals surface area contributed by atoms with Gasteiger partial charge in [-0.05, 0) is 64.6 Å². The van der Waals surface area contributed by atoms with Gasteiger partial charge >= 0.3 is 0 Å². The maximum atomic E-state index is 13.5. The van der Waals surface area contributed by atoms with Gasteiger partial charge in [-0.1, -0.05) is 6.07 Å². The number of anilines is 1. The fourth-order valence-corrected chi connectivity index (χ4v) is 3.48. The molecule has 1 atom stereocenters. The number of benzene rings is 1. The first-order chi connectivity index (χ1) is 11.4. The Labute approximate surface area is 146 Å². The third kappa shape index (κ3) is 5.16. The van der Waals surface area contributed by atoms with Crippen LogP contribution in [0.1, 0.15) is 31.4 Å².